The Morgan fingerprint density at radius 2 is 2.03 bits per heavy atom. The molecule has 4 rings (SSSR count). The van der Waals surface area contributed by atoms with Crippen LogP contribution in [0.1, 0.15) is 35.0 Å². The highest BCUT2D eigenvalue weighted by Crippen LogP contribution is 2.31. The van der Waals surface area contributed by atoms with E-state index in [9.17, 15) is 4.79 Å². The van der Waals surface area contributed by atoms with E-state index < -0.39 is 0 Å². The molecule has 0 aliphatic carbocycles. The number of ether oxygens (including phenoxy) is 1. The third-order valence-corrected chi connectivity index (χ3v) is 6.22. The number of hydrogen-bond donors (Lipinski definition) is 1. The topological polar surface area (TPSA) is 81.3 Å². The summed E-state index contributed by atoms with van der Waals surface area (Å²) in [7, 11) is 0. The van der Waals surface area contributed by atoms with Crippen molar-refractivity contribution in [2.45, 2.75) is 38.8 Å². The lowest BCUT2D eigenvalue weighted by atomic mass is 10.00. The van der Waals surface area contributed by atoms with Gasteiger partial charge in [0.1, 0.15) is 11.0 Å². The summed E-state index contributed by atoms with van der Waals surface area (Å²) >= 11 is 1.25. The number of benzene rings is 1. The molecule has 1 aliphatic rings. The van der Waals surface area contributed by atoms with Gasteiger partial charge in [0.05, 0.1) is 6.54 Å². The minimum atomic E-state index is -0.115. The van der Waals surface area contributed by atoms with Gasteiger partial charge in [-0.25, -0.2) is 4.98 Å². The van der Waals surface area contributed by atoms with E-state index in [-0.39, 0.29) is 18.1 Å². The number of piperidine rings is 1. The van der Waals surface area contributed by atoms with Crippen molar-refractivity contribution < 1.29 is 9.53 Å². The molecular weight excluding hydrogens is 384 g/mol. The highest BCUT2D eigenvalue weighted by molar-refractivity contribution is 7.08. The van der Waals surface area contributed by atoms with Gasteiger partial charge in [0.25, 0.3) is 5.91 Å². The molecule has 6 nitrogen and oxygen atoms in total. The fourth-order valence-corrected chi connectivity index (χ4v) is 4.34. The number of nitrogen functional groups attached to an aromatic ring is 1. The Hall–Kier alpha value is -2.93. The first-order chi connectivity index (χ1) is 14.0. The quantitative estimate of drug-likeness (QED) is 0.701. The van der Waals surface area contributed by atoms with Crippen molar-refractivity contribution in [3.8, 4) is 17.0 Å². The molecule has 7 heteroatoms. The zero-order valence-corrected chi connectivity index (χ0v) is 17.4. The smallest absolute Gasteiger partial charge is 0.266 e. The largest absolute Gasteiger partial charge is 0.472 e. The Balaban J connectivity index is 1.54. The SMILES string of the molecule is Cc1c(N)ccnc1OC1CCC(C)N(C(=O)c2sncc2-c2ccccc2)C1. The van der Waals surface area contributed by atoms with Gasteiger partial charge < -0.3 is 15.4 Å². The Morgan fingerprint density at radius 1 is 1.24 bits per heavy atom. The Bertz CT molecular complexity index is 1010. The summed E-state index contributed by atoms with van der Waals surface area (Å²) in [6.07, 6.45) is 5.05. The van der Waals surface area contributed by atoms with Crippen LogP contribution in [0.5, 0.6) is 5.88 Å². The van der Waals surface area contributed by atoms with Crippen LogP contribution < -0.4 is 10.5 Å². The predicted octanol–water partition coefficient (Wildman–Crippen LogP) is 4.17. The van der Waals surface area contributed by atoms with E-state index in [1.54, 1.807) is 18.5 Å². The van der Waals surface area contributed by atoms with Crippen LogP contribution in [-0.4, -0.2) is 38.9 Å². The van der Waals surface area contributed by atoms with Crippen LogP contribution in [0.25, 0.3) is 11.1 Å². The summed E-state index contributed by atoms with van der Waals surface area (Å²) in [5.74, 6) is 0.545. The highest BCUT2D eigenvalue weighted by Gasteiger charge is 2.33. The summed E-state index contributed by atoms with van der Waals surface area (Å²) in [5, 5.41) is 0. The summed E-state index contributed by atoms with van der Waals surface area (Å²) in [6.45, 7) is 4.50. The average molecular weight is 409 g/mol. The maximum Gasteiger partial charge on any atom is 0.266 e. The Morgan fingerprint density at radius 3 is 2.83 bits per heavy atom. The number of nitrogens with zero attached hydrogens (tertiary/aromatic N) is 3. The van der Waals surface area contributed by atoms with Crippen molar-refractivity contribution in [1.82, 2.24) is 14.3 Å². The van der Waals surface area contributed by atoms with Crippen molar-refractivity contribution in [3.05, 3.63) is 59.2 Å². The monoisotopic (exact) mass is 408 g/mol. The number of carbonyl (C=O) groups is 1. The maximum absolute atomic E-state index is 13.4. The second kappa shape index (κ2) is 8.21. The Kier molecular flexibility index (Phi) is 5.49. The fourth-order valence-electron chi connectivity index (χ4n) is 3.61. The van der Waals surface area contributed by atoms with Crippen LogP contribution in [0.2, 0.25) is 0 Å². The Labute approximate surface area is 174 Å². The molecule has 2 atom stereocenters. The summed E-state index contributed by atoms with van der Waals surface area (Å²) in [5.41, 5.74) is 9.34. The van der Waals surface area contributed by atoms with Gasteiger partial charge in [-0.2, -0.15) is 4.37 Å². The van der Waals surface area contributed by atoms with Crippen LogP contribution >= 0.6 is 11.5 Å². The molecule has 0 bridgehead atoms. The molecule has 3 aromatic rings. The number of amides is 1. The molecule has 150 valence electrons. The first-order valence-corrected chi connectivity index (χ1v) is 10.5. The minimum absolute atomic E-state index is 0.00408. The van der Waals surface area contributed by atoms with Gasteiger partial charge in [-0.15, -0.1) is 0 Å². The summed E-state index contributed by atoms with van der Waals surface area (Å²) < 4.78 is 10.4. The molecule has 1 saturated heterocycles. The lowest BCUT2D eigenvalue weighted by Gasteiger charge is -2.37. The van der Waals surface area contributed by atoms with E-state index >= 15 is 0 Å². The van der Waals surface area contributed by atoms with Gasteiger partial charge in [-0.05, 0) is 49.9 Å². The lowest BCUT2D eigenvalue weighted by molar-refractivity contribution is 0.0376. The predicted molar refractivity (Wildman–Crippen MR) is 115 cm³/mol. The number of hydrogen-bond acceptors (Lipinski definition) is 6. The average Bonchev–Trinajstić information content (AvgIpc) is 3.23. The van der Waals surface area contributed by atoms with Crippen molar-refractivity contribution >= 4 is 23.1 Å². The molecule has 1 amide bonds. The van der Waals surface area contributed by atoms with Crippen molar-refractivity contribution in [2.75, 3.05) is 12.3 Å². The molecule has 2 N–H and O–H groups in total. The molecule has 1 aliphatic heterocycles. The third-order valence-electron chi connectivity index (χ3n) is 5.43. The van der Waals surface area contributed by atoms with Gasteiger partial charge in [-0.3, -0.25) is 4.79 Å². The van der Waals surface area contributed by atoms with E-state index in [1.807, 2.05) is 42.2 Å². The van der Waals surface area contributed by atoms with Crippen molar-refractivity contribution in [1.29, 1.82) is 0 Å². The van der Waals surface area contributed by atoms with E-state index in [0.29, 0.717) is 23.0 Å². The lowest BCUT2D eigenvalue weighted by Crippen LogP contribution is -2.49. The molecule has 0 saturated carbocycles. The van der Waals surface area contributed by atoms with Gasteiger partial charge in [0, 0.05) is 35.2 Å². The third kappa shape index (κ3) is 3.96. The molecule has 0 spiro atoms. The van der Waals surface area contributed by atoms with Crippen LogP contribution in [-0.2, 0) is 0 Å². The van der Waals surface area contributed by atoms with Crippen molar-refractivity contribution in [2.24, 2.45) is 0 Å². The second-order valence-electron chi connectivity index (χ2n) is 7.39. The molecular formula is C22H24N4O2S. The van der Waals surface area contributed by atoms with Crippen LogP contribution in [0, 0.1) is 6.92 Å². The fraction of sp³-hybridized carbons (Fsp3) is 0.318. The number of rotatable bonds is 4. The number of carbonyl (C=O) groups excluding carboxylic acids is 1. The van der Waals surface area contributed by atoms with Gasteiger partial charge in [0.15, 0.2) is 0 Å². The number of pyridine rings is 1. The highest BCUT2D eigenvalue weighted by atomic mass is 32.1. The second-order valence-corrected chi connectivity index (χ2v) is 8.19. The number of nitrogens with two attached hydrogens (primary N) is 1. The van der Waals surface area contributed by atoms with Crippen LogP contribution in [0.15, 0.2) is 48.8 Å². The van der Waals surface area contributed by atoms with E-state index in [1.165, 1.54) is 11.5 Å². The number of likely N-dealkylation sites (tertiary alicyclic amines) is 1. The van der Waals surface area contributed by atoms with Crippen LogP contribution in [0.4, 0.5) is 5.69 Å². The maximum atomic E-state index is 13.4. The van der Waals surface area contributed by atoms with Gasteiger partial charge in [0.2, 0.25) is 5.88 Å². The molecule has 2 unspecified atom stereocenters. The van der Waals surface area contributed by atoms with E-state index in [2.05, 4.69) is 16.3 Å². The van der Waals surface area contributed by atoms with Crippen LogP contribution in [0.3, 0.4) is 0 Å². The molecule has 2 aromatic heterocycles. The first kappa shape index (κ1) is 19.4. The number of anilines is 1. The van der Waals surface area contributed by atoms with E-state index in [0.717, 1.165) is 29.5 Å². The number of aromatic nitrogens is 2. The van der Waals surface area contributed by atoms with Gasteiger partial charge in [-0.1, -0.05) is 30.3 Å². The van der Waals surface area contributed by atoms with Crippen molar-refractivity contribution in [3.63, 3.8) is 0 Å². The zero-order valence-electron chi connectivity index (χ0n) is 16.5. The normalized spacial score (nSPS) is 19.2. The first-order valence-electron chi connectivity index (χ1n) is 9.73. The van der Waals surface area contributed by atoms with E-state index in [4.69, 9.17) is 10.5 Å². The molecule has 29 heavy (non-hydrogen) atoms. The summed E-state index contributed by atoms with van der Waals surface area (Å²) in [4.78, 5) is 20.3. The van der Waals surface area contributed by atoms with Gasteiger partial charge >= 0.3 is 0 Å². The standard InChI is InChI=1S/C22H24N4O2S/c1-14-8-9-17(28-21-15(2)19(23)10-11-24-21)13-26(14)22(27)20-18(12-25-29-20)16-6-4-3-5-7-16/h3-7,10-12,14,17H,8-9,13H2,1-2H3,(H2,23,24). The summed E-state index contributed by atoms with van der Waals surface area (Å²) in [6, 6.07) is 11.8. The zero-order chi connectivity index (χ0) is 20.4. The minimum Gasteiger partial charge on any atom is -0.472 e. The molecule has 0 radical (unpaired) electrons. The molecule has 1 aromatic carbocycles. The molecule has 1 fully saturated rings. The molecule has 3 heterocycles.